The number of hydrogen-bond donors (Lipinski definition) is 0. The summed E-state index contributed by atoms with van der Waals surface area (Å²) in [6.07, 6.45) is 2.29. The minimum Gasteiger partial charge on any atom is -0.300 e. The lowest BCUT2D eigenvalue weighted by Crippen LogP contribution is -2.08. The first-order valence-corrected chi connectivity index (χ1v) is 6.56. The molecular formula is C14H22O4. The van der Waals surface area contributed by atoms with Crippen LogP contribution in [0.5, 0.6) is 0 Å². The summed E-state index contributed by atoms with van der Waals surface area (Å²) in [6.45, 7) is 3.53. The van der Waals surface area contributed by atoms with Gasteiger partial charge in [-0.2, -0.15) is 0 Å². The monoisotopic (exact) mass is 254 g/mol. The third-order valence-electron chi connectivity index (χ3n) is 2.84. The third-order valence-corrected chi connectivity index (χ3v) is 2.84. The number of carbonyl (C=O) groups excluding carboxylic acids is 4. The normalized spacial score (nSPS) is 10.1. The summed E-state index contributed by atoms with van der Waals surface area (Å²) in [4.78, 5) is 44.8. The molecule has 0 N–H and O–H groups in total. The molecule has 0 heterocycles. The molecule has 0 rings (SSSR count). The Labute approximate surface area is 108 Å². The lowest BCUT2D eigenvalue weighted by atomic mass is 10.0. The zero-order valence-electron chi connectivity index (χ0n) is 11.3. The van der Waals surface area contributed by atoms with Crippen molar-refractivity contribution in [2.75, 3.05) is 0 Å². The summed E-state index contributed by atoms with van der Waals surface area (Å²) < 4.78 is 0. The third kappa shape index (κ3) is 8.79. The van der Waals surface area contributed by atoms with Gasteiger partial charge in [0.2, 0.25) is 0 Å². The van der Waals surface area contributed by atoms with Gasteiger partial charge in [-0.3, -0.25) is 19.2 Å². The van der Waals surface area contributed by atoms with Crippen molar-refractivity contribution in [3.63, 3.8) is 0 Å². The van der Waals surface area contributed by atoms with Gasteiger partial charge < -0.3 is 0 Å². The fraction of sp³-hybridized carbons (Fsp3) is 0.714. The molecule has 0 amide bonds. The molecule has 4 heteroatoms. The van der Waals surface area contributed by atoms with Crippen molar-refractivity contribution in [2.45, 2.75) is 65.2 Å². The van der Waals surface area contributed by atoms with E-state index >= 15 is 0 Å². The molecule has 0 radical (unpaired) electrons. The van der Waals surface area contributed by atoms with Gasteiger partial charge >= 0.3 is 0 Å². The molecule has 0 aliphatic carbocycles. The van der Waals surface area contributed by atoms with Crippen LogP contribution in [0.25, 0.3) is 0 Å². The Hall–Kier alpha value is -1.32. The zero-order valence-corrected chi connectivity index (χ0v) is 11.3. The maximum absolute atomic E-state index is 11.4. The van der Waals surface area contributed by atoms with Crippen molar-refractivity contribution in [2.24, 2.45) is 0 Å². The molecule has 4 nitrogen and oxygen atoms in total. The molecule has 0 aromatic rings. The van der Waals surface area contributed by atoms with E-state index in [4.69, 9.17) is 0 Å². The minimum atomic E-state index is -0.0491. The van der Waals surface area contributed by atoms with Gasteiger partial charge in [0, 0.05) is 51.4 Å². The SMILES string of the molecule is CCC(=O)CCC(=O)CCC(=O)CCC(=O)CC. The van der Waals surface area contributed by atoms with Crippen molar-refractivity contribution < 1.29 is 19.2 Å². The first-order chi connectivity index (χ1) is 8.49. The van der Waals surface area contributed by atoms with E-state index in [1.54, 1.807) is 13.8 Å². The average molecular weight is 254 g/mol. The van der Waals surface area contributed by atoms with E-state index < -0.39 is 0 Å². The van der Waals surface area contributed by atoms with Crippen LogP contribution < -0.4 is 0 Å². The predicted molar refractivity (Wildman–Crippen MR) is 68.3 cm³/mol. The van der Waals surface area contributed by atoms with Gasteiger partial charge in [0.15, 0.2) is 0 Å². The van der Waals surface area contributed by atoms with Crippen LogP contribution in [-0.4, -0.2) is 23.1 Å². The fourth-order valence-corrected chi connectivity index (χ4v) is 1.44. The van der Waals surface area contributed by atoms with E-state index in [1.807, 2.05) is 0 Å². The van der Waals surface area contributed by atoms with Crippen LogP contribution in [-0.2, 0) is 19.2 Å². The topological polar surface area (TPSA) is 68.3 Å². The van der Waals surface area contributed by atoms with Gasteiger partial charge in [-0.05, 0) is 0 Å². The fourth-order valence-electron chi connectivity index (χ4n) is 1.44. The van der Waals surface area contributed by atoms with Crippen molar-refractivity contribution >= 4 is 23.1 Å². The van der Waals surface area contributed by atoms with Crippen LogP contribution in [0.15, 0.2) is 0 Å². The minimum absolute atomic E-state index is 0.0491. The molecule has 0 atom stereocenters. The summed E-state index contributed by atoms with van der Waals surface area (Å²) in [7, 11) is 0. The Balaban J connectivity index is 3.68. The highest BCUT2D eigenvalue weighted by Gasteiger charge is 2.10. The van der Waals surface area contributed by atoms with E-state index in [0.29, 0.717) is 12.8 Å². The van der Waals surface area contributed by atoms with Gasteiger partial charge in [0.25, 0.3) is 0 Å². The average Bonchev–Trinajstić information content (AvgIpc) is 2.39. The highest BCUT2D eigenvalue weighted by atomic mass is 16.1. The van der Waals surface area contributed by atoms with Gasteiger partial charge in [0.1, 0.15) is 23.1 Å². The molecular weight excluding hydrogens is 232 g/mol. The van der Waals surface area contributed by atoms with Crippen molar-refractivity contribution in [1.29, 1.82) is 0 Å². The summed E-state index contributed by atoms with van der Waals surface area (Å²) in [5, 5.41) is 0. The second kappa shape index (κ2) is 9.68. The van der Waals surface area contributed by atoms with Crippen LogP contribution in [0.4, 0.5) is 0 Å². The van der Waals surface area contributed by atoms with Crippen LogP contribution in [0, 0.1) is 0 Å². The van der Waals surface area contributed by atoms with Gasteiger partial charge in [0.05, 0.1) is 0 Å². The van der Waals surface area contributed by atoms with Crippen molar-refractivity contribution in [3.05, 3.63) is 0 Å². The Bertz CT molecular complexity index is 286. The molecule has 0 aromatic carbocycles. The maximum Gasteiger partial charge on any atom is 0.133 e. The molecule has 0 aliphatic heterocycles. The Morgan fingerprint density at radius 3 is 0.944 bits per heavy atom. The quantitative estimate of drug-likeness (QED) is 0.568. The number of ketones is 4. The van der Waals surface area contributed by atoms with E-state index in [0.717, 1.165) is 0 Å². The highest BCUT2D eigenvalue weighted by molar-refractivity contribution is 5.90. The highest BCUT2D eigenvalue weighted by Crippen LogP contribution is 2.05. The molecule has 18 heavy (non-hydrogen) atoms. The first kappa shape index (κ1) is 16.7. The number of rotatable bonds is 11. The first-order valence-electron chi connectivity index (χ1n) is 6.56. The van der Waals surface area contributed by atoms with E-state index in [1.165, 1.54) is 0 Å². The van der Waals surface area contributed by atoms with Crippen molar-refractivity contribution in [1.82, 2.24) is 0 Å². The summed E-state index contributed by atoms with van der Waals surface area (Å²) in [5.74, 6) is 0.0466. The van der Waals surface area contributed by atoms with Crippen LogP contribution >= 0.6 is 0 Å². The lowest BCUT2D eigenvalue weighted by Gasteiger charge is -2.00. The van der Waals surface area contributed by atoms with Crippen LogP contribution in [0.3, 0.4) is 0 Å². The standard InChI is InChI=1S/C14H22O4/c1-3-11(15)5-7-13(17)9-10-14(18)8-6-12(16)4-2/h3-10H2,1-2H3. The Morgan fingerprint density at radius 1 is 0.500 bits per heavy atom. The van der Waals surface area contributed by atoms with E-state index in [9.17, 15) is 19.2 Å². The molecule has 0 saturated heterocycles. The van der Waals surface area contributed by atoms with Gasteiger partial charge in [-0.25, -0.2) is 0 Å². The zero-order chi connectivity index (χ0) is 14.0. The Kier molecular flexibility index (Phi) is 8.97. The van der Waals surface area contributed by atoms with Crippen LogP contribution in [0.2, 0.25) is 0 Å². The molecule has 0 spiro atoms. The second-order valence-electron chi connectivity index (χ2n) is 4.36. The largest absolute Gasteiger partial charge is 0.300 e. The number of Topliss-reactive ketones (excluding diaryl/α,β-unsaturated/α-hetero) is 4. The van der Waals surface area contributed by atoms with Crippen molar-refractivity contribution in [3.8, 4) is 0 Å². The molecule has 0 bridgehead atoms. The molecule has 0 aliphatic rings. The van der Waals surface area contributed by atoms with E-state index in [2.05, 4.69) is 0 Å². The summed E-state index contributed by atoms with van der Waals surface area (Å²) in [6, 6.07) is 0. The molecule has 0 aromatic heterocycles. The Morgan fingerprint density at radius 2 is 0.722 bits per heavy atom. The molecule has 102 valence electrons. The molecule has 0 unspecified atom stereocenters. The molecule has 0 fully saturated rings. The van der Waals surface area contributed by atoms with Crippen LogP contribution in [0.1, 0.15) is 65.2 Å². The van der Waals surface area contributed by atoms with E-state index in [-0.39, 0.29) is 61.7 Å². The molecule has 0 saturated carbocycles. The predicted octanol–water partition coefficient (Wildman–Crippen LogP) is 2.42. The second-order valence-corrected chi connectivity index (χ2v) is 4.36. The summed E-state index contributed by atoms with van der Waals surface area (Å²) in [5.41, 5.74) is 0. The van der Waals surface area contributed by atoms with Gasteiger partial charge in [-0.1, -0.05) is 13.8 Å². The van der Waals surface area contributed by atoms with Gasteiger partial charge in [-0.15, -0.1) is 0 Å². The number of hydrogen-bond acceptors (Lipinski definition) is 4. The maximum atomic E-state index is 11.4. The number of carbonyl (C=O) groups is 4. The summed E-state index contributed by atoms with van der Waals surface area (Å²) >= 11 is 0. The smallest absolute Gasteiger partial charge is 0.133 e. The lowest BCUT2D eigenvalue weighted by molar-refractivity contribution is -0.127.